The lowest BCUT2D eigenvalue weighted by Crippen LogP contribution is -2.00. The summed E-state index contributed by atoms with van der Waals surface area (Å²) in [6.07, 6.45) is 1.72. The Labute approximate surface area is 103 Å². The molecule has 2 aromatic rings. The number of benzene rings is 1. The van der Waals surface area contributed by atoms with Crippen LogP contribution in [-0.4, -0.2) is 10.5 Å². The molecule has 0 N–H and O–H groups in total. The Hall–Kier alpha value is -1.19. The second-order valence-electron chi connectivity index (χ2n) is 3.48. The highest BCUT2D eigenvalue weighted by Gasteiger charge is 2.12. The predicted octanol–water partition coefficient (Wildman–Crippen LogP) is 3.41. The van der Waals surface area contributed by atoms with Crippen molar-refractivity contribution in [2.45, 2.75) is 6.92 Å². The molecule has 0 unspecified atom stereocenters. The maximum absolute atomic E-state index is 10.9. The highest BCUT2D eigenvalue weighted by molar-refractivity contribution is 6.42. The Morgan fingerprint density at radius 2 is 1.94 bits per heavy atom. The molecule has 84 valence electrons. The second-order valence-corrected chi connectivity index (χ2v) is 4.30. The predicted molar refractivity (Wildman–Crippen MR) is 64.2 cm³/mol. The first kappa shape index (κ1) is 11.3. The number of halogens is 2. The molecule has 2 rings (SSSR count). The van der Waals surface area contributed by atoms with Gasteiger partial charge >= 0.3 is 5.97 Å². The van der Waals surface area contributed by atoms with Gasteiger partial charge in [-0.05, 0) is 12.1 Å². The van der Waals surface area contributed by atoms with Crippen molar-refractivity contribution in [1.29, 1.82) is 0 Å². The van der Waals surface area contributed by atoms with Gasteiger partial charge in [0.25, 0.3) is 0 Å². The standard InChI is InChI=1S/C11H9Cl2NO2/c1-6(15)16-11-5-14(2)10-4-9(13)8(12)3-7(10)11/h3-5H,1-2H3. The van der Waals surface area contributed by atoms with Crippen molar-refractivity contribution in [3.05, 3.63) is 28.4 Å². The number of aryl methyl sites for hydroxylation is 1. The van der Waals surface area contributed by atoms with Crippen molar-refractivity contribution in [3.63, 3.8) is 0 Å². The molecule has 1 aromatic heterocycles. The van der Waals surface area contributed by atoms with E-state index in [1.54, 1.807) is 18.3 Å². The molecule has 3 nitrogen and oxygen atoms in total. The SMILES string of the molecule is CC(=O)Oc1cn(C)c2cc(Cl)c(Cl)cc12. The first-order chi connectivity index (χ1) is 7.49. The van der Waals surface area contributed by atoms with Gasteiger partial charge in [0.2, 0.25) is 0 Å². The van der Waals surface area contributed by atoms with E-state index in [4.69, 9.17) is 27.9 Å². The van der Waals surface area contributed by atoms with E-state index in [2.05, 4.69) is 0 Å². The number of fused-ring (bicyclic) bond motifs is 1. The number of aromatic nitrogens is 1. The lowest BCUT2D eigenvalue weighted by Gasteiger charge is -2.00. The normalized spacial score (nSPS) is 10.8. The second kappa shape index (κ2) is 4.00. The van der Waals surface area contributed by atoms with Crippen LogP contribution in [0.4, 0.5) is 0 Å². The summed E-state index contributed by atoms with van der Waals surface area (Å²) in [5.41, 5.74) is 0.866. The molecular formula is C11H9Cl2NO2. The van der Waals surface area contributed by atoms with E-state index in [1.807, 2.05) is 11.6 Å². The first-order valence-electron chi connectivity index (χ1n) is 4.61. The van der Waals surface area contributed by atoms with Gasteiger partial charge in [0.05, 0.1) is 15.6 Å². The highest BCUT2D eigenvalue weighted by atomic mass is 35.5. The molecule has 0 fully saturated rings. The summed E-state index contributed by atoms with van der Waals surface area (Å²) in [6, 6.07) is 3.43. The van der Waals surface area contributed by atoms with Crippen LogP contribution in [0, 0.1) is 0 Å². The van der Waals surface area contributed by atoms with Gasteiger partial charge in [-0.1, -0.05) is 23.2 Å². The van der Waals surface area contributed by atoms with E-state index < -0.39 is 0 Å². The van der Waals surface area contributed by atoms with Crippen molar-refractivity contribution in [2.24, 2.45) is 7.05 Å². The van der Waals surface area contributed by atoms with Gasteiger partial charge in [-0.25, -0.2) is 0 Å². The number of ether oxygens (including phenoxy) is 1. The van der Waals surface area contributed by atoms with E-state index >= 15 is 0 Å². The van der Waals surface area contributed by atoms with Crippen LogP contribution < -0.4 is 4.74 Å². The first-order valence-corrected chi connectivity index (χ1v) is 5.37. The van der Waals surface area contributed by atoms with Crippen LogP contribution in [0.1, 0.15) is 6.92 Å². The zero-order chi connectivity index (χ0) is 11.9. The molecule has 1 aromatic carbocycles. The average molecular weight is 258 g/mol. The summed E-state index contributed by atoms with van der Waals surface area (Å²) in [7, 11) is 1.85. The van der Waals surface area contributed by atoms with Gasteiger partial charge < -0.3 is 9.30 Å². The lowest BCUT2D eigenvalue weighted by molar-refractivity contribution is -0.131. The number of esters is 1. The zero-order valence-electron chi connectivity index (χ0n) is 8.75. The minimum absolute atomic E-state index is 0.362. The van der Waals surface area contributed by atoms with E-state index in [-0.39, 0.29) is 5.97 Å². The number of nitrogens with zero attached hydrogens (tertiary/aromatic N) is 1. The van der Waals surface area contributed by atoms with Crippen LogP contribution >= 0.6 is 23.2 Å². The molecular weight excluding hydrogens is 249 g/mol. The summed E-state index contributed by atoms with van der Waals surface area (Å²) in [6.45, 7) is 1.36. The summed E-state index contributed by atoms with van der Waals surface area (Å²) in [5.74, 6) is 0.127. The highest BCUT2D eigenvalue weighted by Crippen LogP contribution is 2.34. The maximum Gasteiger partial charge on any atom is 0.308 e. The van der Waals surface area contributed by atoms with Crippen molar-refractivity contribution >= 4 is 40.1 Å². The topological polar surface area (TPSA) is 31.2 Å². The van der Waals surface area contributed by atoms with Crippen LogP contribution in [0.25, 0.3) is 10.9 Å². The van der Waals surface area contributed by atoms with Crippen LogP contribution in [0.2, 0.25) is 10.0 Å². The Morgan fingerprint density at radius 3 is 2.56 bits per heavy atom. The summed E-state index contributed by atoms with van der Waals surface area (Å²) in [4.78, 5) is 10.9. The number of carbonyl (C=O) groups is 1. The number of carbonyl (C=O) groups excluding carboxylic acids is 1. The molecule has 5 heteroatoms. The van der Waals surface area contributed by atoms with E-state index in [0.29, 0.717) is 15.8 Å². The summed E-state index contributed by atoms with van der Waals surface area (Å²) >= 11 is 11.8. The quantitative estimate of drug-likeness (QED) is 0.734. The summed E-state index contributed by atoms with van der Waals surface area (Å²) < 4.78 is 6.91. The monoisotopic (exact) mass is 257 g/mol. The molecule has 0 saturated carbocycles. The van der Waals surface area contributed by atoms with Crippen LogP contribution in [0.3, 0.4) is 0 Å². The van der Waals surface area contributed by atoms with E-state index in [9.17, 15) is 4.79 Å². The van der Waals surface area contributed by atoms with E-state index in [1.165, 1.54) is 6.92 Å². The molecule has 0 aliphatic rings. The van der Waals surface area contributed by atoms with E-state index in [0.717, 1.165) is 10.9 Å². The number of hydrogen-bond acceptors (Lipinski definition) is 2. The van der Waals surface area contributed by atoms with Crippen LogP contribution in [0.5, 0.6) is 5.75 Å². The molecule has 0 atom stereocenters. The Balaban J connectivity index is 2.68. The molecule has 0 bridgehead atoms. The maximum atomic E-state index is 10.9. The fourth-order valence-corrected chi connectivity index (χ4v) is 1.90. The third-order valence-electron chi connectivity index (χ3n) is 2.25. The van der Waals surface area contributed by atoms with Gasteiger partial charge in [-0.3, -0.25) is 4.79 Å². The number of rotatable bonds is 1. The molecule has 16 heavy (non-hydrogen) atoms. The fourth-order valence-electron chi connectivity index (χ4n) is 1.58. The van der Waals surface area contributed by atoms with Crippen molar-refractivity contribution in [2.75, 3.05) is 0 Å². The number of hydrogen-bond donors (Lipinski definition) is 0. The minimum Gasteiger partial charge on any atom is -0.424 e. The third kappa shape index (κ3) is 1.88. The Bertz CT molecular complexity index is 575. The average Bonchev–Trinajstić information content (AvgIpc) is 2.44. The Kier molecular flexibility index (Phi) is 2.82. The molecule has 0 aliphatic carbocycles. The Morgan fingerprint density at radius 1 is 1.31 bits per heavy atom. The van der Waals surface area contributed by atoms with Gasteiger partial charge in [-0.2, -0.15) is 0 Å². The third-order valence-corrected chi connectivity index (χ3v) is 2.97. The smallest absolute Gasteiger partial charge is 0.308 e. The van der Waals surface area contributed by atoms with Crippen molar-refractivity contribution in [1.82, 2.24) is 4.57 Å². The molecule has 0 spiro atoms. The van der Waals surface area contributed by atoms with Gasteiger partial charge in [0, 0.05) is 25.6 Å². The molecule has 1 heterocycles. The molecule has 0 saturated heterocycles. The molecule has 0 amide bonds. The minimum atomic E-state index is -0.362. The molecule has 0 radical (unpaired) electrons. The zero-order valence-corrected chi connectivity index (χ0v) is 10.3. The largest absolute Gasteiger partial charge is 0.424 e. The van der Waals surface area contributed by atoms with Crippen molar-refractivity contribution < 1.29 is 9.53 Å². The van der Waals surface area contributed by atoms with Crippen molar-refractivity contribution in [3.8, 4) is 5.75 Å². The lowest BCUT2D eigenvalue weighted by atomic mass is 10.2. The van der Waals surface area contributed by atoms with Crippen LogP contribution in [-0.2, 0) is 11.8 Å². The summed E-state index contributed by atoms with van der Waals surface area (Å²) in [5, 5.41) is 1.69. The molecule has 0 aliphatic heterocycles. The van der Waals surface area contributed by atoms with Gasteiger partial charge in [-0.15, -0.1) is 0 Å². The fraction of sp³-hybridized carbons (Fsp3) is 0.182. The van der Waals surface area contributed by atoms with Gasteiger partial charge in [0.1, 0.15) is 0 Å². The van der Waals surface area contributed by atoms with Gasteiger partial charge in [0.15, 0.2) is 5.75 Å². The van der Waals surface area contributed by atoms with Crippen LogP contribution in [0.15, 0.2) is 18.3 Å².